The van der Waals surface area contributed by atoms with Crippen molar-refractivity contribution in [3.63, 3.8) is 0 Å². The van der Waals surface area contributed by atoms with Crippen molar-refractivity contribution in [3.05, 3.63) is 48.9 Å². The number of amides is 1. The van der Waals surface area contributed by atoms with Crippen molar-refractivity contribution in [2.45, 2.75) is 37.8 Å². The molecule has 0 spiro atoms. The highest BCUT2D eigenvalue weighted by atomic mass is 16.5. The molecule has 6 nitrogen and oxygen atoms in total. The van der Waals surface area contributed by atoms with Gasteiger partial charge in [0.25, 0.3) is 5.91 Å². The van der Waals surface area contributed by atoms with Gasteiger partial charge >= 0.3 is 0 Å². The van der Waals surface area contributed by atoms with Gasteiger partial charge in [0.2, 0.25) is 5.88 Å². The molecule has 0 aliphatic heterocycles. The Hall–Kier alpha value is -2.63. The molecule has 1 aliphatic rings. The number of ether oxygens (including phenoxy) is 2. The first kappa shape index (κ1) is 16.2. The van der Waals surface area contributed by atoms with Crippen LogP contribution < -0.4 is 14.8 Å². The fourth-order valence-corrected chi connectivity index (χ4v) is 2.78. The lowest BCUT2D eigenvalue weighted by atomic mass is 9.93. The van der Waals surface area contributed by atoms with E-state index in [0.29, 0.717) is 11.6 Å². The van der Waals surface area contributed by atoms with E-state index in [1.165, 1.54) is 0 Å². The molecule has 1 amide bonds. The van der Waals surface area contributed by atoms with Crippen LogP contribution in [-0.4, -0.2) is 34.6 Å². The third-order valence-electron chi connectivity index (χ3n) is 3.98. The molecule has 3 rings (SSSR count). The number of nitrogens with zero attached hydrogens (tertiary/aromatic N) is 2. The van der Waals surface area contributed by atoms with Gasteiger partial charge in [-0.05, 0) is 37.8 Å². The first-order valence-corrected chi connectivity index (χ1v) is 8.19. The van der Waals surface area contributed by atoms with Gasteiger partial charge in [-0.15, -0.1) is 0 Å². The Morgan fingerprint density at radius 2 is 1.92 bits per heavy atom. The smallest absolute Gasteiger partial charge is 0.258 e. The molecule has 1 aliphatic carbocycles. The second-order valence-electron chi connectivity index (χ2n) is 5.80. The molecule has 0 atom stereocenters. The summed E-state index contributed by atoms with van der Waals surface area (Å²) >= 11 is 0. The summed E-state index contributed by atoms with van der Waals surface area (Å²) in [5, 5.41) is 3.03. The zero-order valence-electron chi connectivity index (χ0n) is 13.4. The van der Waals surface area contributed by atoms with E-state index in [0.717, 1.165) is 25.7 Å². The molecule has 6 heteroatoms. The Bertz CT molecular complexity index is 628. The van der Waals surface area contributed by atoms with Crippen molar-refractivity contribution in [2.75, 3.05) is 6.61 Å². The van der Waals surface area contributed by atoms with Gasteiger partial charge in [-0.1, -0.05) is 18.2 Å². The van der Waals surface area contributed by atoms with Gasteiger partial charge < -0.3 is 14.8 Å². The average Bonchev–Trinajstić information content (AvgIpc) is 2.63. The lowest BCUT2D eigenvalue weighted by Gasteiger charge is -2.29. The SMILES string of the molecule is O=C(COc1ccccc1)NC1CCC(Oc2cnccn2)CC1. The van der Waals surface area contributed by atoms with Crippen LogP contribution in [0.15, 0.2) is 48.9 Å². The Labute approximate surface area is 141 Å². The Kier molecular flexibility index (Phi) is 5.61. The monoisotopic (exact) mass is 327 g/mol. The van der Waals surface area contributed by atoms with E-state index in [2.05, 4.69) is 15.3 Å². The number of benzene rings is 1. The topological polar surface area (TPSA) is 73.3 Å². The highest BCUT2D eigenvalue weighted by Crippen LogP contribution is 2.22. The molecule has 24 heavy (non-hydrogen) atoms. The molecule has 1 N–H and O–H groups in total. The Morgan fingerprint density at radius 3 is 2.62 bits per heavy atom. The molecular formula is C18H21N3O3. The van der Waals surface area contributed by atoms with Crippen molar-refractivity contribution in [1.82, 2.24) is 15.3 Å². The summed E-state index contributed by atoms with van der Waals surface area (Å²) in [4.78, 5) is 20.1. The molecule has 126 valence electrons. The average molecular weight is 327 g/mol. The maximum Gasteiger partial charge on any atom is 0.258 e. The first-order chi connectivity index (χ1) is 11.8. The van der Waals surface area contributed by atoms with E-state index in [-0.39, 0.29) is 24.7 Å². The summed E-state index contributed by atoms with van der Waals surface area (Å²) in [6.45, 7) is 0.0417. The van der Waals surface area contributed by atoms with Crippen LogP contribution in [0.5, 0.6) is 11.6 Å². The number of aromatic nitrogens is 2. The molecule has 1 heterocycles. The van der Waals surface area contributed by atoms with E-state index in [9.17, 15) is 4.79 Å². The van der Waals surface area contributed by atoms with Gasteiger partial charge in [0.15, 0.2) is 6.61 Å². The molecule has 1 fully saturated rings. The van der Waals surface area contributed by atoms with Gasteiger partial charge in [-0.2, -0.15) is 0 Å². The minimum Gasteiger partial charge on any atom is -0.484 e. The van der Waals surface area contributed by atoms with Gasteiger partial charge in [0.1, 0.15) is 11.9 Å². The molecule has 0 bridgehead atoms. The summed E-state index contributed by atoms with van der Waals surface area (Å²) < 4.78 is 11.3. The third-order valence-corrected chi connectivity index (χ3v) is 3.98. The fourth-order valence-electron chi connectivity index (χ4n) is 2.78. The maximum absolute atomic E-state index is 12.0. The van der Waals surface area contributed by atoms with Crippen LogP contribution in [0.4, 0.5) is 0 Å². The quantitative estimate of drug-likeness (QED) is 0.882. The van der Waals surface area contributed by atoms with Crippen molar-refractivity contribution in [1.29, 1.82) is 0 Å². The van der Waals surface area contributed by atoms with Crippen LogP contribution in [-0.2, 0) is 4.79 Å². The Balaban J connectivity index is 1.36. The largest absolute Gasteiger partial charge is 0.484 e. The maximum atomic E-state index is 12.0. The standard InChI is InChI=1S/C18H21N3O3/c22-17(13-23-15-4-2-1-3-5-15)21-14-6-8-16(9-7-14)24-18-12-19-10-11-20-18/h1-5,10-12,14,16H,6-9,13H2,(H,21,22). The fraction of sp³-hybridized carbons (Fsp3) is 0.389. The van der Waals surface area contributed by atoms with Gasteiger partial charge in [0, 0.05) is 18.4 Å². The van der Waals surface area contributed by atoms with Crippen LogP contribution in [0.25, 0.3) is 0 Å². The number of carbonyl (C=O) groups is 1. The van der Waals surface area contributed by atoms with E-state index < -0.39 is 0 Å². The van der Waals surface area contributed by atoms with Gasteiger partial charge in [-0.25, -0.2) is 4.98 Å². The van der Waals surface area contributed by atoms with E-state index >= 15 is 0 Å². The lowest BCUT2D eigenvalue weighted by Crippen LogP contribution is -2.41. The summed E-state index contributed by atoms with van der Waals surface area (Å²) in [6, 6.07) is 9.52. The summed E-state index contributed by atoms with van der Waals surface area (Å²) in [6.07, 6.45) is 8.56. The predicted octanol–water partition coefficient (Wildman–Crippen LogP) is 2.36. The van der Waals surface area contributed by atoms with E-state index in [1.54, 1.807) is 18.6 Å². The van der Waals surface area contributed by atoms with Crippen LogP contribution in [0.2, 0.25) is 0 Å². The lowest BCUT2D eigenvalue weighted by molar-refractivity contribution is -0.124. The molecule has 1 saturated carbocycles. The first-order valence-electron chi connectivity index (χ1n) is 8.19. The van der Waals surface area contributed by atoms with Crippen LogP contribution >= 0.6 is 0 Å². The molecule has 1 aromatic heterocycles. The molecule has 2 aromatic rings. The predicted molar refractivity (Wildman–Crippen MR) is 88.8 cm³/mol. The zero-order chi connectivity index (χ0) is 16.6. The molecule has 0 unspecified atom stereocenters. The minimum absolute atomic E-state index is 0.0417. The van der Waals surface area contributed by atoms with E-state index in [4.69, 9.17) is 9.47 Å². The van der Waals surface area contributed by atoms with Crippen molar-refractivity contribution < 1.29 is 14.3 Å². The highest BCUT2D eigenvalue weighted by molar-refractivity contribution is 5.77. The minimum atomic E-state index is -0.0860. The number of hydrogen-bond acceptors (Lipinski definition) is 5. The van der Waals surface area contributed by atoms with Gasteiger partial charge in [-0.3, -0.25) is 9.78 Å². The van der Waals surface area contributed by atoms with Crippen molar-refractivity contribution in [2.24, 2.45) is 0 Å². The number of carbonyl (C=O) groups excluding carboxylic acids is 1. The molecule has 1 aromatic carbocycles. The molecule has 0 radical (unpaired) electrons. The number of para-hydroxylation sites is 1. The zero-order valence-corrected chi connectivity index (χ0v) is 13.4. The number of hydrogen-bond donors (Lipinski definition) is 1. The Morgan fingerprint density at radius 1 is 1.12 bits per heavy atom. The van der Waals surface area contributed by atoms with E-state index in [1.807, 2.05) is 30.3 Å². The number of rotatable bonds is 6. The number of nitrogens with one attached hydrogen (secondary N) is 1. The summed E-state index contributed by atoms with van der Waals surface area (Å²) in [5.74, 6) is 1.17. The van der Waals surface area contributed by atoms with Crippen molar-refractivity contribution in [3.8, 4) is 11.6 Å². The molecule has 0 saturated heterocycles. The molecular weight excluding hydrogens is 306 g/mol. The van der Waals surface area contributed by atoms with Crippen LogP contribution in [0.1, 0.15) is 25.7 Å². The highest BCUT2D eigenvalue weighted by Gasteiger charge is 2.24. The summed E-state index contributed by atoms with van der Waals surface area (Å²) in [7, 11) is 0. The second-order valence-corrected chi connectivity index (χ2v) is 5.80. The summed E-state index contributed by atoms with van der Waals surface area (Å²) in [5.41, 5.74) is 0. The third kappa shape index (κ3) is 4.94. The van der Waals surface area contributed by atoms with Crippen molar-refractivity contribution >= 4 is 5.91 Å². The van der Waals surface area contributed by atoms with Crippen LogP contribution in [0.3, 0.4) is 0 Å². The van der Waals surface area contributed by atoms with Gasteiger partial charge in [0.05, 0.1) is 6.20 Å². The second kappa shape index (κ2) is 8.29. The van der Waals surface area contributed by atoms with Crippen LogP contribution in [0, 0.1) is 0 Å². The normalized spacial score (nSPS) is 20.2.